The lowest BCUT2D eigenvalue weighted by molar-refractivity contribution is 0.0698. The first-order chi connectivity index (χ1) is 12.5. The van der Waals surface area contributed by atoms with Crippen molar-refractivity contribution in [3.63, 3.8) is 0 Å². The van der Waals surface area contributed by atoms with E-state index in [-0.39, 0.29) is 5.56 Å². The minimum atomic E-state index is -1.02. The predicted molar refractivity (Wildman–Crippen MR) is 97.9 cm³/mol. The van der Waals surface area contributed by atoms with Gasteiger partial charge in [0, 0.05) is 11.8 Å². The molecule has 0 amide bonds. The number of rotatable bonds is 5. The molecule has 0 aliphatic rings. The second kappa shape index (κ2) is 7.32. The Morgan fingerprint density at radius 1 is 1.04 bits per heavy atom. The molecule has 1 heterocycles. The molecule has 128 valence electrons. The van der Waals surface area contributed by atoms with E-state index < -0.39 is 5.97 Å². The van der Waals surface area contributed by atoms with E-state index in [1.54, 1.807) is 49.4 Å². The van der Waals surface area contributed by atoms with Crippen LogP contribution in [0.15, 0.2) is 54.6 Å². The van der Waals surface area contributed by atoms with Crippen LogP contribution in [0.3, 0.4) is 0 Å². The van der Waals surface area contributed by atoms with Crippen molar-refractivity contribution < 1.29 is 9.90 Å². The SMILES string of the molecule is Cc1nc(Nc2cccc(C#N)c2)cc(Nc2ccccc2C(=O)O)n1. The summed E-state index contributed by atoms with van der Waals surface area (Å²) in [6, 6.07) is 17.4. The number of anilines is 4. The average molecular weight is 345 g/mol. The number of carboxylic acid groups (broad SMARTS) is 1. The Balaban J connectivity index is 1.89. The van der Waals surface area contributed by atoms with Gasteiger partial charge in [-0.25, -0.2) is 14.8 Å². The zero-order valence-corrected chi connectivity index (χ0v) is 13.9. The van der Waals surface area contributed by atoms with Gasteiger partial charge in [-0.15, -0.1) is 0 Å². The molecule has 7 nitrogen and oxygen atoms in total. The highest BCUT2D eigenvalue weighted by Gasteiger charge is 2.10. The highest BCUT2D eigenvalue weighted by Crippen LogP contribution is 2.23. The van der Waals surface area contributed by atoms with Crippen molar-refractivity contribution in [3.8, 4) is 6.07 Å². The fourth-order valence-electron chi connectivity index (χ4n) is 2.43. The molecule has 0 unspecified atom stereocenters. The first-order valence-electron chi connectivity index (χ1n) is 7.77. The average Bonchev–Trinajstić information content (AvgIpc) is 2.61. The van der Waals surface area contributed by atoms with Crippen LogP contribution in [0.2, 0.25) is 0 Å². The van der Waals surface area contributed by atoms with Gasteiger partial charge in [0.15, 0.2) is 0 Å². The van der Waals surface area contributed by atoms with E-state index in [4.69, 9.17) is 5.26 Å². The molecule has 0 spiro atoms. The van der Waals surface area contributed by atoms with Crippen molar-refractivity contribution in [3.05, 3.63) is 71.5 Å². The Morgan fingerprint density at radius 3 is 2.50 bits per heavy atom. The highest BCUT2D eigenvalue weighted by molar-refractivity contribution is 5.95. The normalized spacial score (nSPS) is 10.0. The Morgan fingerprint density at radius 2 is 1.77 bits per heavy atom. The maximum Gasteiger partial charge on any atom is 0.337 e. The van der Waals surface area contributed by atoms with Crippen LogP contribution in [-0.2, 0) is 0 Å². The number of para-hydroxylation sites is 1. The first-order valence-corrected chi connectivity index (χ1v) is 7.77. The lowest BCUT2D eigenvalue weighted by atomic mass is 10.2. The van der Waals surface area contributed by atoms with Gasteiger partial charge in [0.25, 0.3) is 0 Å². The van der Waals surface area contributed by atoms with E-state index in [1.807, 2.05) is 6.07 Å². The number of aryl methyl sites for hydroxylation is 1. The summed E-state index contributed by atoms with van der Waals surface area (Å²) in [6.07, 6.45) is 0. The molecule has 3 aromatic rings. The summed E-state index contributed by atoms with van der Waals surface area (Å²) in [5, 5.41) is 24.4. The number of aromatic carboxylic acids is 1. The van der Waals surface area contributed by atoms with Gasteiger partial charge >= 0.3 is 5.97 Å². The molecule has 0 radical (unpaired) electrons. The van der Waals surface area contributed by atoms with E-state index in [0.717, 1.165) is 5.69 Å². The monoisotopic (exact) mass is 345 g/mol. The number of nitrogens with zero attached hydrogens (tertiary/aromatic N) is 3. The minimum absolute atomic E-state index is 0.153. The van der Waals surface area contributed by atoms with Crippen molar-refractivity contribution in [1.29, 1.82) is 5.26 Å². The van der Waals surface area contributed by atoms with Crippen LogP contribution in [0.5, 0.6) is 0 Å². The summed E-state index contributed by atoms with van der Waals surface area (Å²) in [7, 11) is 0. The molecule has 3 N–H and O–H groups in total. The van der Waals surface area contributed by atoms with Gasteiger partial charge in [-0.3, -0.25) is 0 Å². The van der Waals surface area contributed by atoms with E-state index in [0.29, 0.717) is 28.7 Å². The van der Waals surface area contributed by atoms with Gasteiger partial charge in [-0.2, -0.15) is 5.26 Å². The fraction of sp³-hybridized carbons (Fsp3) is 0.0526. The van der Waals surface area contributed by atoms with Crippen LogP contribution in [0.25, 0.3) is 0 Å². The summed E-state index contributed by atoms with van der Waals surface area (Å²) in [5.41, 5.74) is 1.85. The third kappa shape index (κ3) is 3.94. The molecule has 0 atom stereocenters. The molecular formula is C19H15N5O2. The first kappa shape index (κ1) is 16.9. The largest absolute Gasteiger partial charge is 0.478 e. The summed E-state index contributed by atoms with van der Waals surface area (Å²) >= 11 is 0. The topological polar surface area (TPSA) is 111 Å². The van der Waals surface area contributed by atoms with Crippen LogP contribution in [0.4, 0.5) is 23.0 Å². The zero-order valence-electron chi connectivity index (χ0n) is 13.9. The number of aromatic nitrogens is 2. The van der Waals surface area contributed by atoms with Crippen LogP contribution in [-0.4, -0.2) is 21.0 Å². The van der Waals surface area contributed by atoms with Gasteiger partial charge in [0.1, 0.15) is 17.5 Å². The minimum Gasteiger partial charge on any atom is -0.478 e. The van der Waals surface area contributed by atoms with E-state index in [2.05, 4.69) is 26.7 Å². The van der Waals surface area contributed by atoms with Crippen molar-refractivity contribution in [2.75, 3.05) is 10.6 Å². The number of hydrogen-bond acceptors (Lipinski definition) is 6. The molecule has 3 rings (SSSR count). The number of carbonyl (C=O) groups is 1. The number of nitriles is 1. The van der Waals surface area contributed by atoms with E-state index in [9.17, 15) is 9.90 Å². The Hall–Kier alpha value is -3.92. The van der Waals surface area contributed by atoms with Gasteiger partial charge < -0.3 is 15.7 Å². The molecule has 0 aliphatic heterocycles. The predicted octanol–water partition coefficient (Wildman–Crippen LogP) is 3.84. The molecule has 26 heavy (non-hydrogen) atoms. The van der Waals surface area contributed by atoms with Gasteiger partial charge in [-0.05, 0) is 37.3 Å². The maximum atomic E-state index is 11.3. The van der Waals surface area contributed by atoms with E-state index in [1.165, 1.54) is 6.07 Å². The Labute approximate surface area is 150 Å². The molecule has 0 fully saturated rings. The molecule has 0 saturated carbocycles. The second-order valence-corrected chi connectivity index (χ2v) is 5.48. The Bertz CT molecular complexity index is 1010. The quantitative estimate of drug-likeness (QED) is 0.644. The van der Waals surface area contributed by atoms with Crippen LogP contribution >= 0.6 is 0 Å². The molecule has 1 aromatic heterocycles. The molecule has 0 bridgehead atoms. The molecule has 0 saturated heterocycles. The summed E-state index contributed by atoms with van der Waals surface area (Å²) in [6.45, 7) is 1.74. The summed E-state index contributed by atoms with van der Waals surface area (Å²) in [4.78, 5) is 20.0. The molecule has 0 aliphatic carbocycles. The Kier molecular flexibility index (Phi) is 4.76. The van der Waals surface area contributed by atoms with Crippen molar-refractivity contribution in [2.24, 2.45) is 0 Å². The lowest BCUT2D eigenvalue weighted by Crippen LogP contribution is -2.05. The third-order valence-electron chi connectivity index (χ3n) is 3.52. The molecule has 2 aromatic carbocycles. The zero-order chi connectivity index (χ0) is 18.5. The van der Waals surface area contributed by atoms with Crippen molar-refractivity contribution in [1.82, 2.24) is 9.97 Å². The van der Waals surface area contributed by atoms with Gasteiger partial charge in [0.2, 0.25) is 0 Å². The smallest absolute Gasteiger partial charge is 0.337 e. The lowest BCUT2D eigenvalue weighted by Gasteiger charge is -2.12. The van der Waals surface area contributed by atoms with Gasteiger partial charge in [-0.1, -0.05) is 18.2 Å². The molecule has 7 heteroatoms. The molecular weight excluding hydrogens is 330 g/mol. The highest BCUT2D eigenvalue weighted by atomic mass is 16.4. The number of carboxylic acids is 1. The van der Waals surface area contributed by atoms with Crippen molar-refractivity contribution in [2.45, 2.75) is 6.92 Å². The van der Waals surface area contributed by atoms with Crippen LogP contribution in [0, 0.1) is 18.3 Å². The number of nitrogens with one attached hydrogen (secondary N) is 2. The number of benzene rings is 2. The maximum absolute atomic E-state index is 11.3. The second-order valence-electron chi connectivity index (χ2n) is 5.48. The summed E-state index contributed by atoms with van der Waals surface area (Å²) in [5.74, 6) is 0.486. The standard InChI is InChI=1S/C19H15N5O2/c1-12-21-17(23-14-6-4-5-13(9-14)11-20)10-18(22-12)24-16-8-3-2-7-15(16)19(25)26/h2-10H,1H3,(H,25,26)(H2,21,22,23,24). The van der Waals surface area contributed by atoms with Crippen molar-refractivity contribution >= 4 is 29.0 Å². The fourth-order valence-corrected chi connectivity index (χ4v) is 2.43. The van der Waals surface area contributed by atoms with Crippen LogP contribution in [0.1, 0.15) is 21.7 Å². The summed E-state index contributed by atoms with van der Waals surface area (Å²) < 4.78 is 0. The van der Waals surface area contributed by atoms with E-state index >= 15 is 0 Å². The third-order valence-corrected chi connectivity index (χ3v) is 3.52. The van der Waals surface area contributed by atoms with Gasteiger partial charge in [0.05, 0.1) is 22.9 Å². The number of hydrogen-bond donors (Lipinski definition) is 3. The van der Waals surface area contributed by atoms with Crippen LogP contribution < -0.4 is 10.6 Å².